The first-order valence-corrected chi connectivity index (χ1v) is 6.76. The Hall–Kier alpha value is -2.27. The normalized spacial score (nSPS) is 12.4. The molecular formula is C14H11NO3S. The Bertz CT molecular complexity index is 621. The van der Waals surface area contributed by atoms with Crippen molar-refractivity contribution in [3.8, 4) is 0 Å². The van der Waals surface area contributed by atoms with Crippen molar-refractivity contribution in [2.75, 3.05) is 0 Å². The minimum absolute atomic E-state index is 0.0429. The zero-order valence-electron chi connectivity index (χ0n) is 9.93. The summed E-state index contributed by atoms with van der Waals surface area (Å²) in [6.45, 7) is 0. The van der Waals surface area contributed by atoms with E-state index in [1.165, 1.54) is 12.1 Å². The lowest BCUT2D eigenvalue weighted by Gasteiger charge is -1.96. The van der Waals surface area contributed by atoms with Crippen LogP contribution in [-0.2, 0) is 10.8 Å². The van der Waals surface area contributed by atoms with Crippen LogP contribution in [0.3, 0.4) is 0 Å². The smallest absolute Gasteiger partial charge is 0.258 e. The molecule has 0 unspecified atom stereocenters. The summed E-state index contributed by atoms with van der Waals surface area (Å²) >= 11 is 0. The molecule has 5 heteroatoms. The maximum Gasteiger partial charge on any atom is 0.269 e. The third kappa shape index (κ3) is 3.59. The molecule has 0 bridgehead atoms. The predicted molar refractivity (Wildman–Crippen MR) is 75.0 cm³/mol. The average Bonchev–Trinajstić information content (AvgIpc) is 2.46. The highest BCUT2D eigenvalue weighted by Crippen LogP contribution is 2.14. The number of benzene rings is 2. The van der Waals surface area contributed by atoms with Gasteiger partial charge in [0.05, 0.1) is 15.7 Å². The van der Waals surface area contributed by atoms with E-state index in [9.17, 15) is 14.3 Å². The van der Waals surface area contributed by atoms with Gasteiger partial charge in [0.25, 0.3) is 5.69 Å². The van der Waals surface area contributed by atoms with Crippen LogP contribution in [0.15, 0.2) is 64.9 Å². The summed E-state index contributed by atoms with van der Waals surface area (Å²) in [6.07, 6.45) is 1.69. The van der Waals surface area contributed by atoms with Crippen LogP contribution in [0.2, 0.25) is 0 Å². The van der Waals surface area contributed by atoms with Gasteiger partial charge in [-0.25, -0.2) is 4.21 Å². The zero-order valence-corrected chi connectivity index (χ0v) is 10.7. The molecule has 0 aliphatic rings. The molecule has 0 heterocycles. The van der Waals surface area contributed by atoms with Gasteiger partial charge in [0.1, 0.15) is 0 Å². The van der Waals surface area contributed by atoms with Gasteiger partial charge in [-0.15, -0.1) is 0 Å². The van der Waals surface area contributed by atoms with Crippen LogP contribution in [0.4, 0.5) is 5.69 Å². The van der Waals surface area contributed by atoms with Gasteiger partial charge < -0.3 is 0 Å². The lowest BCUT2D eigenvalue weighted by atomic mass is 10.2. The Labute approximate surface area is 113 Å². The average molecular weight is 273 g/mol. The van der Waals surface area contributed by atoms with Crippen LogP contribution in [0, 0.1) is 10.1 Å². The van der Waals surface area contributed by atoms with Gasteiger partial charge in [-0.3, -0.25) is 10.1 Å². The zero-order chi connectivity index (χ0) is 13.7. The number of nitro benzene ring substituents is 1. The number of nitro groups is 1. The first-order valence-electron chi connectivity index (χ1n) is 5.55. The van der Waals surface area contributed by atoms with E-state index < -0.39 is 15.7 Å². The predicted octanol–water partition coefficient (Wildman–Crippen LogP) is 3.37. The molecule has 0 aromatic heterocycles. The third-order valence-corrected chi connectivity index (χ3v) is 3.58. The third-order valence-electron chi connectivity index (χ3n) is 2.46. The first-order chi connectivity index (χ1) is 9.16. The largest absolute Gasteiger partial charge is 0.269 e. The summed E-state index contributed by atoms with van der Waals surface area (Å²) < 4.78 is 11.9. The fourth-order valence-electron chi connectivity index (χ4n) is 1.48. The summed E-state index contributed by atoms with van der Waals surface area (Å²) in [4.78, 5) is 10.8. The maximum absolute atomic E-state index is 11.9. The molecule has 0 saturated carbocycles. The second-order valence-electron chi connectivity index (χ2n) is 3.76. The van der Waals surface area contributed by atoms with E-state index in [0.717, 1.165) is 10.5 Å². The summed E-state index contributed by atoms with van der Waals surface area (Å²) in [5, 5.41) is 12.1. The van der Waals surface area contributed by atoms with E-state index in [2.05, 4.69) is 0 Å². The molecule has 2 aromatic rings. The van der Waals surface area contributed by atoms with Crippen LogP contribution in [0.1, 0.15) is 5.56 Å². The van der Waals surface area contributed by atoms with Gasteiger partial charge in [-0.1, -0.05) is 18.2 Å². The van der Waals surface area contributed by atoms with Gasteiger partial charge in [0.15, 0.2) is 0 Å². The standard InChI is InChI=1S/C14H11NO3S/c16-15(17)13-8-6-12(7-9-13)10-11-19(18)14-4-2-1-3-5-14/h1-11H/b11-10+/t19-/m0/s1. The van der Waals surface area contributed by atoms with Crippen molar-refractivity contribution in [2.45, 2.75) is 4.90 Å². The first kappa shape index (κ1) is 13.2. The van der Waals surface area contributed by atoms with Gasteiger partial charge in [0.2, 0.25) is 0 Å². The lowest BCUT2D eigenvalue weighted by molar-refractivity contribution is -0.384. The highest BCUT2D eigenvalue weighted by molar-refractivity contribution is 7.88. The molecule has 0 aliphatic carbocycles. The Balaban J connectivity index is 2.10. The summed E-state index contributed by atoms with van der Waals surface area (Å²) in [5.41, 5.74) is 0.816. The molecule has 19 heavy (non-hydrogen) atoms. The number of nitrogens with zero attached hydrogens (tertiary/aromatic N) is 1. The maximum atomic E-state index is 11.9. The van der Waals surface area contributed by atoms with Crippen LogP contribution in [0.5, 0.6) is 0 Å². The van der Waals surface area contributed by atoms with E-state index >= 15 is 0 Å². The Morgan fingerprint density at radius 2 is 1.63 bits per heavy atom. The molecule has 0 aliphatic heterocycles. The molecule has 0 fully saturated rings. The molecule has 0 radical (unpaired) electrons. The molecule has 2 aromatic carbocycles. The molecule has 1 atom stereocenters. The second-order valence-corrected chi connectivity index (χ2v) is 5.10. The summed E-state index contributed by atoms with van der Waals surface area (Å²) in [7, 11) is -1.21. The lowest BCUT2D eigenvalue weighted by Crippen LogP contribution is -1.87. The second kappa shape index (κ2) is 6.06. The Morgan fingerprint density at radius 3 is 2.21 bits per heavy atom. The van der Waals surface area contributed by atoms with Crippen molar-refractivity contribution in [1.82, 2.24) is 0 Å². The summed E-state index contributed by atoms with van der Waals surface area (Å²) in [6, 6.07) is 15.2. The van der Waals surface area contributed by atoms with Crippen molar-refractivity contribution < 1.29 is 9.13 Å². The summed E-state index contributed by atoms with van der Waals surface area (Å²) in [5.74, 6) is 0. The fourth-order valence-corrected chi connectivity index (χ4v) is 2.34. The molecular weight excluding hydrogens is 262 g/mol. The van der Waals surface area contributed by atoms with E-state index in [0.29, 0.717) is 0 Å². The molecule has 96 valence electrons. The highest BCUT2D eigenvalue weighted by Gasteiger charge is 2.02. The van der Waals surface area contributed by atoms with Gasteiger partial charge in [0, 0.05) is 22.4 Å². The topological polar surface area (TPSA) is 60.2 Å². The van der Waals surface area contributed by atoms with Crippen molar-refractivity contribution in [3.05, 3.63) is 75.7 Å². The Kier molecular flexibility index (Phi) is 4.20. The van der Waals surface area contributed by atoms with Crippen molar-refractivity contribution >= 4 is 22.6 Å². The van der Waals surface area contributed by atoms with Crippen molar-refractivity contribution in [2.24, 2.45) is 0 Å². The quantitative estimate of drug-likeness (QED) is 0.633. The number of non-ortho nitro benzene ring substituents is 1. The van der Waals surface area contributed by atoms with Crippen LogP contribution in [-0.4, -0.2) is 9.13 Å². The van der Waals surface area contributed by atoms with Crippen LogP contribution in [0.25, 0.3) is 6.08 Å². The minimum atomic E-state index is -1.21. The molecule has 0 spiro atoms. The minimum Gasteiger partial charge on any atom is -0.258 e. The van der Waals surface area contributed by atoms with Crippen LogP contribution < -0.4 is 0 Å². The van der Waals surface area contributed by atoms with Gasteiger partial charge >= 0.3 is 0 Å². The van der Waals surface area contributed by atoms with Crippen molar-refractivity contribution in [3.63, 3.8) is 0 Å². The molecule has 4 nitrogen and oxygen atoms in total. The number of rotatable bonds is 4. The molecule has 0 amide bonds. The Morgan fingerprint density at radius 1 is 1.00 bits per heavy atom. The van der Waals surface area contributed by atoms with Gasteiger partial charge in [-0.05, 0) is 35.9 Å². The number of hydrogen-bond donors (Lipinski definition) is 0. The van der Waals surface area contributed by atoms with Crippen molar-refractivity contribution in [1.29, 1.82) is 0 Å². The fraction of sp³-hybridized carbons (Fsp3) is 0. The number of hydrogen-bond acceptors (Lipinski definition) is 3. The van der Waals surface area contributed by atoms with E-state index in [1.807, 2.05) is 18.2 Å². The monoisotopic (exact) mass is 273 g/mol. The highest BCUT2D eigenvalue weighted by atomic mass is 32.2. The van der Waals surface area contributed by atoms with E-state index in [4.69, 9.17) is 0 Å². The van der Waals surface area contributed by atoms with E-state index in [-0.39, 0.29) is 5.69 Å². The van der Waals surface area contributed by atoms with E-state index in [1.54, 1.807) is 35.7 Å². The molecule has 0 N–H and O–H groups in total. The van der Waals surface area contributed by atoms with Crippen LogP contribution >= 0.6 is 0 Å². The van der Waals surface area contributed by atoms with Gasteiger partial charge in [-0.2, -0.15) is 0 Å². The molecule has 2 rings (SSSR count). The SMILES string of the molecule is O=[N+]([O-])c1ccc(/C=C/[S@](=O)c2ccccc2)cc1. The molecule has 0 saturated heterocycles.